The molecule has 1 aliphatic rings. The third kappa shape index (κ3) is 5.27. The first-order valence-electron chi connectivity index (χ1n) is 9.81. The van der Waals surface area contributed by atoms with Crippen molar-refractivity contribution >= 4 is 5.91 Å². The lowest BCUT2D eigenvalue weighted by molar-refractivity contribution is 0.0359. The van der Waals surface area contributed by atoms with Gasteiger partial charge in [0.25, 0.3) is 5.91 Å². The first-order valence-corrected chi connectivity index (χ1v) is 9.81. The number of nitrogens with one attached hydrogen (secondary N) is 1. The molecule has 1 aromatic carbocycles. The van der Waals surface area contributed by atoms with Gasteiger partial charge in [-0.2, -0.15) is 5.10 Å². The smallest absolute Gasteiger partial charge is 0.274 e. The molecule has 0 aliphatic carbocycles. The Labute approximate surface area is 169 Å². The van der Waals surface area contributed by atoms with E-state index < -0.39 is 0 Å². The van der Waals surface area contributed by atoms with Crippen LogP contribution in [0, 0.1) is 0 Å². The molecule has 1 atom stereocenters. The zero-order chi connectivity index (χ0) is 19.9. The topological polar surface area (TPSA) is 90.1 Å². The normalized spacial score (nSPS) is 15.9. The zero-order valence-electron chi connectivity index (χ0n) is 16.2. The molecule has 1 N–H and O–H groups in total. The lowest BCUT2D eigenvalue weighted by Gasteiger charge is -2.26. The molecule has 29 heavy (non-hydrogen) atoms. The maximum absolute atomic E-state index is 12.8. The molecule has 2 aromatic heterocycles. The first kappa shape index (κ1) is 19.3. The Morgan fingerprint density at radius 3 is 2.69 bits per heavy atom. The number of ether oxygens (including phenoxy) is 1. The van der Waals surface area contributed by atoms with Crippen molar-refractivity contribution in [2.75, 3.05) is 32.8 Å². The van der Waals surface area contributed by atoms with Crippen LogP contribution in [-0.4, -0.2) is 68.4 Å². The molecular formula is C20H25N7O2. The summed E-state index contributed by atoms with van der Waals surface area (Å²) in [4.78, 5) is 15.1. The number of hydrogen-bond donors (Lipinski definition) is 1. The van der Waals surface area contributed by atoms with Gasteiger partial charge in [0.1, 0.15) is 0 Å². The monoisotopic (exact) mass is 395 g/mol. The summed E-state index contributed by atoms with van der Waals surface area (Å²) in [5.41, 5.74) is 1.32. The molecule has 1 aliphatic heterocycles. The maximum atomic E-state index is 12.8. The van der Waals surface area contributed by atoms with Crippen molar-refractivity contribution in [3.63, 3.8) is 0 Å². The lowest BCUT2D eigenvalue weighted by atomic mass is 10.1. The molecule has 9 nitrogen and oxygen atoms in total. The highest BCUT2D eigenvalue weighted by Crippen LogP contribution is 2.15. The van der Waals surface area contributed by atoms with Crippen LogP contribution in [0.4, 0.5) is 0 Å². The molecule has 9 heteroatoms. The fourth-order valence-electron chi connectivity index (χ4n) is 3.33. The molecule has 1 fully saturated rings. The Hall–Kier alpha value is -3.04. The van der Waals surface area contributed by atoms with E-state index in [9.17, 15) is 4.79 Å². The summed E-state index contributed by atoms with van der Waals surface area (Å²) in [6, 6.07) is 11.5. The molecule has 4 rings (SSSR count). The Morgan fingerprint density at radius 1 is 1.10 bits per heavy atom. The average Bonchev–Trinajstić information content (AvgIpc) is 3.45. The Bertz CT molecular complexity index is 889. The van der Waals surface area contributed by atoms with Crippen LogP contribution in [0.15, 0.2) is 55.0 Å². The van der Waals surface area contributed by atoms with Crippen LogP contribution >= 0.6 is 0 Å². The fourth-order valence-corrected chi connectivity index (χ4v) is 3.33. The van der Waals surface area contributed by atoms with Crippen LogP contribution < -0.4 is 5.32 Å². The van der Waals surface area contributed by atoms with E-state index in [1.807, 2.05) is 42.6 Å². The van der Waals surface area contributed by atoms with Crippen molar-refractivity contribution in [1.82, 2.24) is 35.0 Å². The number of rotatable bonds is 8. The van der Waals surface area contributed by atoms with E-state index in [1.54, 1.807) is 21.8 Å². The molecule has 0 unspecified atom stereocenters. The van der Waals surface area contributed by atoms with Gasteiger partial charge < -0.3 is 10.1 Å². The second-order valence-corrected chi connectivity index (χ2v) is 6.99. The Morgan fingerprint density at radius 2 is 1.93 bits per heavy atom. The molecule has 1 amide bonds. The summed E-state index contributed by atoms with van der Waals surface area (Å²) in [7, 11) is 0. The number of carbonyl (C=O) groups excluding carboxylic acids is 1. The number of benzene rings is 1. The van der Waals surface area contributed by atoms with E-state index in [0.717, 1.165) is 38.4 Å². The van der Waals surface area contributed by atoms with Crippen molar-refractivity contribution < 1.29 is 9.53 Å². The second kappa shape index (κ2) is 9.44. The first-order chi connectivity index (χ1) is 14.3. The molecule has 1 saturated heterocycles. The lowest BCUT2D eigenvalue weighted by Crippen LogP contribution is -2.38. The predicted octanol–water partition coefficient (Wildman–Crippen LogP) is 0.978. The average molecular weight is 395 g/mol. The fraction of sp³-hybridized carbons (Fsp3) is 0.400. The van der Waals surface area contributed by atoms with Crippen molar-refractivity contribution in [2.45, 2.75) is 19.1 Å². The van der Waals surface area contributed by atoms with Gasteiger partial charge in [-0.15, -0.1) is 5.10 Å². The number of carbonyl (C=O) groups is 1. The molecule has 0 spiro atoms. The third-order valence-corrected chi connectivity index (χ3v) is 4.96. The van der Waals surface area contributed by atoms with Gasteiger partial charge in [0.05, 0.1) is 38.5 Å². The van der Waals surface area contributed by atoms with Crippen molar-refractivity contribution in [2.24, 2.45) is 0 Å². The van der Waals surface area contributed by atoms with E-state index in [2.05, 4.69) is 25.6 Å². The zero-order valence-corrected chi connectivity index (χ0v) is 16.2. The van der Waals surface area contributed by atoms with Crippen LogP contribution in [0.2, 0.25) is 0 Å². The highest BCUT2D eigenvalue weighted by atomic mass is 16.5. The quantitative estimate of drug-likeness (QED) is 0.612. The van der Waals surface area contributed by atoms with Gasteiger partial charge in [0, 0.05) is 32.0 Å². The molecular weight excluding hydrogens is 370 g/mol. The van der Waals surface area contributed by atoms with Gasteiger partial charge in [0.2, 0.25) is 0 Å². The standard InChI is InChI=1S/C20H25N7O2/c28-20(19-16-27(24-23-19)10-9-25-11-13-29-14-12-25)22-18(15-26-8-4-7-21-26)17-5-2-1-3-6-17/h1-8,16,18H,9-15H2,(H,22,28)/t18-/m0/s1. The largest absolute Gasteiger partial charge is 0.379 e. The van der Waals surface area contributed by atoms with Crippen LogP contribution in [0.1, 0.15) is 22.1 Å². The molecule has 0 bridgehead atoms. The van der Waals surface area contributed by atoms with Crippen LogP contribution in [0.25, 0.3) is 0 Å². The number of nitrogens with zero attached hydrogens (tertiary/aromatic N) is 6. The molecule has 152 valence electrons. The molecule has 3 aromatic rings. The second-order valence-electron chi connectivity index (χ2n) is 6.99. The van der Waals surface area contributed by atoms with Gasteiger partial charge in [0.15, 0.2) is 5.69 Å². The van der Waals surface area contributed by atoms with E-state index in [0.29, 0.717) is 18.8 Å². The molecule has 0 saturated carbocycles. The minimum atomic E-state index is -0.247. The van der Waals surface area contributed by atoms with Gasteiger partial charge in [-0.05, 0) is 11.6 Å². The summed E-state index contributed by atoms with van der Waals surface area (Å²) in [5, 5.41) is 15.5. The summed E-state index contributed by atoms with van der Waals surface area (Å²) in [6.07, 6.45) is 5.31. The Balaban J connectivity index is 1.39. The number of hydrogen-bond acceptors (Lipinski definition) is 6. The SMILES string of the molecule is O=C(N[C@@H](Cn1cccn1)c1ccccc1)c1cn(CCN2CCOCC2)nn1. The van der Waals surface area contributed by atoms with Crippen LogP contribution in [-0.2, 0) is 17.8 Å². The van der Waals surface area contributed by atoms with E-state index in [1.165, 1.54) is 0 Å². The molecule has 3 heterocycles. The number of amides is 1. The highest BCUT2D eigenvalue weighted by Gasteiger charge is 2.19. The van der Waals surface area contributed by atoms with Crippen molar-refractivity contribution in [1.29, 1.82) is 0 Å². The minimum absolute atomic E-state index is 0.220. The Kier molecular flexibility index (Phi) is 6.28. The summed E-state index contributed by atoms with van der Waals surface area (Å²) in [5.74, 6) is -0.247. The summed E-state index contributed by atoms with van der Waals surface area (Å²) >= 11 is 0. The molecule has 0 radical (unpaired) electrons. The maximum Gasteiger partial charge on any atom is 0.274 e. The van der Waals surface area contributed by atoms with E-state index >= 15 is 0 Å². The third-order valence-electron chi connectivity index (χ3n) is 4.96. The summed E-state index contributed by atoms with van der Waals surface area (Å²) in [6.45, 7) is 5.47. The highest BCUT2D eigenvalue weighted by molar-refractivity contribution is 5.92. The van der Waals surface area contributed by atoms with E-state index in [-0.39, 0.29) is 11.9 Å². The van der Waals surface area contributed by atoms with Crippen molar-refractivity contribution in [3.05, 3.63) is 66.2 Å². The number of aromatic nitrogens is 5. The number of morpholine rings is 1. The van der Waals surface area contributed by atoms with Gasteiger partial charge >= 0.3 is 0 Å². The van der Waals surface area contributed by atoms with Gasteiger partial charge in [-0.3, -0.25) is 19.1 Å². The van der Waals surface area contributed by atoms with Crippen LogP contribution in [0.3, 0.4) is 0 Å². The summed E-state index contributed by atoms with van der Waals surface area (Å²) < 4.78 is 8.88. The predicted molar refractivity (Wildman–Crippen MR) is 106 cm³/mol. The minimum Gasteiger partial charge on any atom is -0.379 e. The van der Waals surface area contributed by atoms with Gasteiger partial charge in [-0.25, -0.2) is 0 Å². The van der Waals surface area contributed by atoms with Gasteiger partial charge in [-0.1, -0.05) is 35.5 Å². The van der Waals surface area contributed by atoms with Crippen molar-refractivity contribution in [3.8, 4) is 0 Å². The van der Waals surface area contributed by atoms with Crippen LogP contribution in [0.5, 0.6) is 0 Å². The van der Waals surface area contributed by atoms with E-state index in [4.69, 9.17) is 4.74 Å².